The van der Waals surface area contributed by atoms with Crippen molar-refractivity contribution in [1.82, 2.24) is 19.7 Å². The number of rotatable bonds is 5. The van der Waals surface area contributed by atoms with Gasteiger partial charge in [-0.1, -0.05) is 0 Å². The Morgan fingerprint density at radius 2 is 2.24 bits per heavy atom. The van der Waals surface area contributed by atoms with Crippen LogP contribution in [0.3, 0.4) is 0 Å². The van der Waals surface area contributed by atoms with Crippen LogP contribution in [0.2, 0.25) is 0 Å². The van der Waals surface area contributed by atoms with E-state index in [0.717, 1.165) is 5.39 Å². The van der Waals surface area contributed by atoms with Crippen molar-refractivity contribution < 1.29 is 9.90 Å². The Bertz CT molecular complexity index is 770. The lowest BCUT2D eigenvalue weighted by atomic mass is 10.1. The third kappa shape index (κ3) is 2.81. The minimum Gasteiger partial charge on any atom is -0.478 e. The molecule has 1 aromatic carbocycles. The molecule has 2 aromatic heterocycles. The number of nitrogens with zero attached hydrogens (tertiary/aromatic N) is 4. The first-order valence-electron chi connectivity index (χ1n) is 6.43. The van der Waals surface area contributed by atoms with Crippen LogP contribution in [0.15, 0.2) is 43.0 Å². The minimum atomic E-state index is -0.969. The van der Waals surface area contributed by atoms with Crippen molar-refractivity contribution in [3.63, 3.8) is 0 Å². The molecule has 0 spiro atoms. The van der Waals surface area contributed by atoms with Gasteiger partial charge in [-0.3, -0.25) is 4.68 Å². The lowest BCUT2D eigenvalue weighted by molar-refractivity contribution is 0.0697. The molecule has 0 aliphatic rings. The Balaban J connectivity index is 1.80. The summed E-state index contributed by atoms with van der Waals surface area (Å²) in [5, 5.41) is 17.1. The zero-order chi connectivity index (χ0) is 14.7. The summed E-state index contributed by atoms with van der Waals surface area (Å²) in [7, 11) is 0. The second-order valence-electron chi connectivity index (χ2n) is 4.46. The molecule has 106 valence electrons. The van der Waals surface area contributed by atoms with Gasteiger partial charge in [0, 0.05) is 24.3 Å². The quantitative estimate of drug-likeness (QED) is 0.739. The molecule has 7 heteroatoms. The maximum atomic E-state index is 11.0. The number of aromatic nitrogens is 4. The van der Waals surface area contributed by atoms with E-state index in [4.69, 9.17) is 5.11 Å². The van der Waals surface area contributed by atoms with Crippen LogP contribution < -0.4 is 5.32 Å². The Kier molecular flexibility index (Phi) is 3.46. The minimum absolute atomic E-state index is 0.212. The summed E-state index contributed by atoms with van der Waals surface area (Å²) >= 11 is 0. The molecule has 2 N–H and O–H groups in total. The van der Waals surface area contributed by atoms with Gasteiger partial charge in [0.05, 0.1) is 17.6 Å². The number of carboxylic acids is 1. The van der Waals surface area contributed by atoms with Gasteiger partial charge in [0.1, 0.15) is 12.1 Å². The van der Waals surface area contributed by atoms with E-state index in [1.165, 1.54) is 12.4 Å². The van der Waals surface area contributed by atoms with Gasteiger partial charge in [-0.05, 0) is 24.3 Å². The smallest absolute Gasteiger partial charge is 0.335 e. The van der Waals surface area contributed by atoms with Gasteiger partial charge in [-0.2, -0.15) is 5.10 Å². The van der Waals surface area contributed by atoms with Crippen molar-refractivity contribution in [2.75, 3.05) is 11.9 Å². The first-order chi connectivity index (χ1) is 10.2. The normalized spacial score (nSPS) is 10.7. The monoisotopic (exact) mass is 283 g/mol. The fourth-order valence-electron chi connectivity index (χ4n) is 2.05. The SMILES string of the molecule is O=C(O)c1ccc2c(NCCn3cccn3)ncnc2c1. The van der Waals surface area contributed by atoms with E-state index in [2.05, 4.69) is 20.4 Å². The molecule has 7 nitrogen and oxygen atoms in total. The van der Waals surface area contributed by atoms with Gasteiger partial charge in [0.25, 0.3) is 0 Å². The largest absolute Gasteiger partial charge is 0.478 e. The molecule has 2 heterocycles. The number of benzene rings is 1. The van der Waals surface area contributed by atoms with E-state index in [1.807, 2.05) is 16.9 Å². The summed E-state index contributed by atoms with van der Waals surface area (Å²) < 4.78 is 1.82. The Hall–Kier alpha value is -2.96. The lowest BCUT2D eigenvalue weighted by Gasteiger charge is -2.08. The zero-order valence-corrected chi connectivity index (χ0v) is 11.1. The molecule has 0 unspecified atom stereocenters. The fourth-order valence-corrected chi connectivity index (χ4v) is 2.05. The standard InChI is InChI=1S/C14H13N5O2/c20-14(21)10-2-3-11-12(8-10)16-9-17-13(11)15-5-7-19-6-1-4-18-19/h1-4,6,8-9H,5,7H2,(H,20,21)(H,15,16,17). The average molecular weight is 283 g/mol. The van der Waals surface area contributed by atoms with E-state index < -0.39 is 5.97 Å². The predicted octanol–water partition coefficient (Wildman–Crippen LogP) is 1.64. The third-order valence-corrected chi connectivity index (χ3v) is 3.08. The van der Waals surface area contributed by atoms with Crippen LogP contribution in [0.1, 0.15) is 10.4 Å². The van der Waals surface area contributed by atoms with Gasteiger partial charge >= 0.3 is 5.97 Å². The molecule has 21 heavy (non-hydrogen) atoms. The van der Waals surface area contributed by atoms with Crippen LogP contribution in [-0.2, 0) is 6.54 Å². The van der Waals surface area contributed by atoms with Crippen LogP contribution in [-0.4, -0.2) is 37.4 Å². The van der Waals surface area contributed by atoms with E-state index in [-0.39, 0.29) is 5.56 Å². The number of nitrogens with one attached hydrogen (secondary N) is 1. The zero-order valence-electron chi connectivity index (χ0n) is 11.1. The van der Waals surface area contributed by atoms with E-state index >= 15 is 0 Å². The molecular weight excluding hydrogens is 270 g/mol. The summed E-state index contributed by atoms with van der Waals surface area (Å²) in [5.41, 5.74) is 0.815. The molecule has 0 atom stereocenters. The molecule has 0 bridgehead atoms. The first kappa shape index (κ1) is 13.0. The third-order valence-electron chi connectivity index (χ3n) is 3.08. The van der Waals surface area contributed by atoms with Crippen molar-refractivity contribution in [3.05, 3.63) is 48.5 Å². The van der Waals surface area contributed by atoms with Crippen molar-refractivity contribution in [1.29, 1.82) is 0 Å². The first-order valence-corrected chi connectivity index (χ1v) is 6.43. The summed E-state index contributed by atoms with van der Waals surface area (Å²) in [6.07, 6.45) is 5.04. The van der Waals surface area contributed by atoms with Gasteiger partial charge < -0.3 is 10.4 Å². The molecule has 3 aromatic rings. The summed E-state index contributed by atoms with van der Waals surface area (Å²) in [6, 6.07) is 6.67. The summed E-state index contributed by atoms with van der Waals surface area (Å²) in [6.45, 7) is 1.38. The topological polar surface area (TPSA) is 92.9 Å². The van der Waals surface area contributed by atoms with E-state index in [0.29, 0.717) is 24.4 Å². The Morgan fingerprint density at radius 1 is 1.33 bits per heavy atom. The van der Waals surface area contributed by atoms with Crippen LogP contribution in [0.5, 0.6) is 0 Å². The predicted molar refractivity (Wildman–Crippen MR) is 77.2 cm³/mol. The van der Waals surface area contributed by atoms with Crippen molar-refractivity contribution in [2.24, 2.45) is 0 Å². The van der Waals surface area contributed by atoms with Crippen LogP contribution in [0, 0.1) is 0 Å². The van der Waals surface area contributed by atoms with Crippen molar-refractivity contribution in [3.8, 4) is 0 Å². The van der Waals surface area contributed by atoms with Gasteiger partial charge in [0.15, 0.2) is 0 Å². The number of hydrogen-bond acceptors (Lipinski definition) is 5. The van der Waals surface area contributed by atoms with Crippen LogP contribution >= 0.6 is 0 Å². The van der Waals surface area contributed by atoms with Crippen LogP contribution in [0.4, 0.5) is 5.82 Å². The number of hydrogen-bond donors (Lipinski definition) is 2. The summed E-state index contributed by atoms with van der Waals surface area (Å²) in [5.74, 6) is -0.284. The molecule has 0 amide bonds. The van der Waals surface area contributed by atoms with Gasteiger partial charge in [-0.25, -0.2) is 14.8 Å². The molecule has 3 rings (SSSR count). The second kappa shape index (κ2) is 5.58. The maximum Gasteiger partial charge on any atom is 0.335 e. The highest BCUT2D eigenvalue weighted by Crippen LogP contribution is 2.20. The number of anilines is 1. The van der Waals surface area contributed by atoms with E-state index in [1.54, 1.807) is 18.3 Å². The van der Waals surface area contributed by atoms with Gasteiger partial charge in [0.2, 0.25) is 0 Å². The highest BCUT2D eigenvalue weighted by molar-refractivity contribution is 5.96. The van der Waals surface area contributed by atoms with Crippen LogP contribution in [0.25, 0.3) is 10.9 Å². The molecular formula is C14H13N5O2. The molecule has 0 fully saturated rings. The average Bonchev–Trinajstić information content (AvgIpc) is 3.00. The number of aromatic carboxylic acids is 1. The fraction of sp³-hybridized carbons (Fsp3) is 0.143. The maximum absolute atomic E-state index is 11.0. The lowest BCUT2D eigenvalue weighted by Crippen LogP contribution is -2.12. The van der Waals surface area contributed by atoms with E-state index in [9.17, 15) is 4.79 Å². The number of fused-ring (bicyclic) bond motifs is 1. The molecule has 0 saturated carbocycles. The molecule has 0 radical (unpaired) electrons. The number of carboxylic acid groups (broad SMARTS) is 1. The second-order valence-corrected chi connectivity index (χ2v) is 4.46. The Morgan fingerprint density at radius 3 is 3.00 bits per heavy atom. The van der Waals surface area contributed by atoms with Gasteiger partial charge in [-0.15, -0.1) is 0 Å². The van der Waals surface area contributed by atoms with Crippen molar-refractivity contribution in [2.45, 2.75) is 6.54 Å². The molecule has 0 saturated heterocycles. The highest BCUT2D eigenvalue weighted by atomic mass is 16.4. The molecule has 0 aliphatic carbocycles. The van der Waals surface area contributed by atoms with Crippen molar-refractivity contribution >= 4 is 22.7 Å². The highest BCUT2D eigenvalue weighted by Gasteiger charge is 2.07. The summed E-state index contributed by atoms with van der Waals surface area (Å²) in [4.78, 5) is 19.3. The number of carbonyl (C=O) groups is 1. The Labute approximate surface area is 120 Å². The molecule has 0 aliphatic heterocycles.